The number of rotatable bonds is 4. The van der Waals surface area contributed by atoms with Crippen molar-refractivity contribution in [3.05, 3.63) is 35.8 Å². The highest BCUT2D eigenvalue weighted by atomic mass is 16.3. The lowest BCUT2D eigenvalue weighted by atomic mass is 9.86. The first-order chi connectivity index (χ1) is 9.76. The van der Waals surface area contributed by atoms with Crippen molar-refractivity contribution in [2.45, 2.75) is 45.2 Å². The van der Waals surface area contributed by atoms with Crippen LogP contribution in [0.25, 0.3) is 5.65 Å². The molecule has 1 fully saturated rings. The summed E-state index contributed by atoms with van der Waals surface area (Å²) in [5.74, 6) is 0.520. The highest BCUT2D eigenvalue weighted by Gasteiger charge is 2.20. The van der Waals surface area contributed by atoms with Crippen LogP contribution in [-0.4, -0.2) is 27.1 Å². The summed E-state index contributed by atoms with van der Waals surface area (Å²) in [7, 11) is 0. The van der Waals surface area contributed by atoms with Crippen LogP contribution in [0, 0.1) is 12.8 Å². The molecule has 0 radical (unpaired) electrons. The summed E-state index contributed by atoms with van der Waals surface area (Å²) in [6, 6.07) is 4.73. The third-order valence-electron chi connectivity index (χ3n) is 4.41. The second-order valence-electron chi connectivity index (χ2n) is 5.97. The highest BCUT2D eigenvalue weighted by molar-refractivity contribution is 5.41. The average molecular weight is 273 g/mol. The molecular weight excluding hydrogens is 250 g/mol. The zero-order valence-corrected chi connectivity index (χ0v) is 12.0. The van der Waals surface area contributed by atoms with Crippen molar-refractivity contribution < 1.29 is 5.11 Å². The minimum atomic E-state index is 0.346. The molecule has 3 rings (SSSR count). The molecule has 0 bridgehead atoms. The van der Waals surface area contributed by atoms with Crippen LogP contribution < -0.4 is 5.32 Å². The standard InChI is InChI=1S/C16H23N3O/c1-12-2-7-16-18-9-15(19(16)10-12)8-17-14-5-3-13(11-20)4-6-14/h2,7,9-10,13-14,17,20H,3-6,8,11H2,1H3. The Morgan fingerprint density at radius 1 is 1.30 bits per heavy atom. The number of aliphatic hydroxyl groups excluding tert-OH is 1. The molecule has 1 saturated carbocycles. The van der Waals surface area contributed by atoms with E-state index in [0.717, 1.165) is 25.0 Å². The van der Waals surface area contributed by atoms with Gasteiger partial charge in [0.1, 0.15) is 5.65 Å². The Labute approximate surface area is 119 Å². The Morgan fingerprint density at radius 3 is 2.85 bits per heavy atom. The number of nitrogens with one attached hydrogen (secondary N) is 1. The van der Waals surface area contributed by atoms with Crippen LogP contribution in [0.3, 0.4) is 0 Å². The number of pyridine rings is 1. The van der Waals surface area contributed by atoms with E-state index in [0.29, 0.717) is 18.6 Å². The van der Waals surface area contributed by atoms with E-state index in [9.17, 15) is 0 Å². The van der Waals surface area contributed by atoms with Gasteiger partial charge in [0.05, 0.1) is 11.9 Å². The minimum absolute atomic E-state index is 0.346. The summed E-state index contributed by atoms with van der Waals surface area (Å²) in [6.07, 6.45) is 8.71. The van der Waals surface area contributed by atoms with Gasteiger partial charge in [-0.25, -0.2) is 4.98 Å². The molecule has 0 spiro atoms. The van der Waals surface area contributed by atoms with Gasteiger partial charge in [-0.15, -0.1) is 0 Å². The lowest BCUT2D eigenvalue weighted by molar-refractivity contribution is 0.175. The van der Waals surface area contributed by atoms with Crippen molar-refractivity contribution >= 4 is 5.65 Å². The van der Waals surface area contributed by atoms with Crippen LogP contribution >= 0.6 is 0 Å². The van der Waals surface area contributed by atoms with Crippen molar-refractivity contribution in [3.63, 3.8) is 0 Å². The number of fused-ring (bicyclic) bond motifs is 1. The zero-order chi connectivity index (χ0) is 13.9. The summed E-state index contributed by atoms with van der Waals surface area (Å²) in [5, 5.41) is 12.8. The molecule has 2 N–H and O–H groups in total. The molecule has 0 aromatic carbocycles. The van der Waals surface area contributed by atoms with Gasteiger partial charge in [0.2, 0.25) is 0 Å². The zero-order valence-electron chi connectivity index (χ0n) is 12.0. The maximum atomic E-state index is 9.17. The fourth-order valence-corrected chi connectivity index (χ4v) is 3.07. The fraction of sp³-hybridized carbons (Fsp3) is 0.562. The lowest BCUT2D eigenvalue weighted by Crippen LogP contribution is -2.33. The van der Waals surface area contributed by atoms with Gasteiger partial charge < -0.3 is 14.8 Å². The third kappa shape index (κ3) is 2.86. The number of aromatic nitrogens is 2. The Morgan fingerprint density at radius 2 is 2.10 bits per heavy atom. The lowest BCUT2D eigenvalue weighted by Gasteiger charge is -2.28. The fourth-order valence-electron chi connectivity index (χ4n) is 3.07. The van der Waals surface area contributed by atoms with Gasteiger partial charge in [-0.1, -0.05) is 6.07 Å². The van der Waals surface area contributed by atoms with E-state index in [1.165, 1.54) is 24.1 Å². The summed E-state index contributed by atoms with van der Waals surface area (Å²) in [6.45, 7) is 3.31. The molecule has 0 amide bonds. The summed E-state index contributed by atoms with van der Waals surface area (Å²) in [5.41, 5.74) is 3.48. The van der Waals surface area contributed by atoms with Crippen LogP contribution in [0.2, 0.25) is 0 Å². The largest absolute Gasteiger partial charge is 0.396 e. The maximum Gasteiger partial charge on any atom is 0.136 e. The van der Waals surface area contributed by atoms with E-state index in [-0.39, 0.29) is 0 Å². The third-order valence-corrected chi connectivity index (χ3v) is 4.41. The van der Waals surface area contributed by atoms with Gasteiger partial charge in [0, 0.05) is 25.4 Å². The molecule has 108 valence electrons. The van der Waals surface area contributed by atoms with E-state index in [1.807, 2.05) is 6.20 Å². The van der Waals surface area contributed by atoms with Gasteiger partial charge in [0.25, 0.3) is 0 Å². The molecule has 0 saturated heterocycles. The van der Waals surface area contributed by atoms with E-state index in [4.69, 9.17) is 5.11 Å². The molecule has 2 heterocycles. The van der Waals surface area contributed by atoms with Crippen LogP contribution in [0.4, 0.5) is 0 Å². The van der Waals surface area contributed by atoms with Crippen molar-refractivity contribution in [1.82, 2.24) is 14.7 Å². The van der Waals surface area contributed by atoms with Crippen molar-refractivity contribution in [3.8, 4) is 0 Å². The Bertz CT molecular complexity index is 570. The highest BCUT2D eigenvalue weighted by Crippen LogP contribution is 2.24. The van der Waals surface area contributed by atoms with Crippen molar-refractivity contribution in [2.75, 3.05) is 6.61 Å². The number of aliphatic hydroxyl groups is 1. The molecule has 4 heteroatoms. The number of aryl methyl sites for hydroxylation is 1. The van der Waals surface area contributed by atoms with Crippen LogP contribution in [0.5, 0.6) is 0 Å². The summed E-state index contributed by atoms with van der Waals surface area (Å²) >= 11 is 0. The van der Waals surface area contributed by atoms with Gasteiger partial charge in [-0.05, 0) is 50.2 Å². The van der Waals surface area contributed by atoms with E-state index >= 15 is 0 Å². The predicted octanol–water partition coefficient (Wildman–Crippen LogP) is 2.28. The predicted molar refractivity (Wildman–Crippen MR) is 79.6 cm³/mol. The molecule has 2 aromatic rings. The van der Waals surface area contributed by atoms with Crippen molar-refractivity contribution in [1.29, 1.82) is 0 Å². The first-order valence-electron chi connectivity index (χ1n) is 7.53. The maximum absolute atomic E-state index is 9.17. The van der Waals surface area contributed by atoms with E-state index in [1.54, 1.807) is 0 Å². The topological polar surface area (TPSA) is 49.6 Å². The smallest absolute Gasteiger partial charge is 0.136 e. The minimum Gasteiger partial charge on any atom is -0.396 e. The van der Waals surface area contributed by atoms with E-state index in [2.05, 4.69) is 40.0 Å². The molecule has 0 aliphatic heterocycles. The van der Waals surface area contributed by atoms with Gasteiger partial charge in [-0.2, -0.15) is 0 Å². The second-order valence-corrected chi connectivity index (χ2v) is 5.97. The Hall–Kier alpha value is -1.39. The molecule has 4 nitrogen and oxygen atoms in total. The molecular formula is C16H23N3O. The monoisotopic (exact) mass is 273 g/mol. The molecule has 1 aliphatic carbocycles. The summed E-state index contributed by atoms with van der Waals surface area (Å²) < 4.78 is 2.17. The van der Waals surface area contributed by atoms with Gasteiger partial charge >= 0.3 is 0 Å². The summed E-state index contributed by atoms with van der Waals surface area (Å²) in [4.78, 5) is 4.44. The van der Waals surface area contributed by atoms with Crippen LogP contribution in [0.15, 0.2) is 24.5 Å². The number of imidazole rings is 1. The number of nitrogens with zero attached hydrogens (tertiary/aromatic N) is 2. The average Bonchev–Trinajstić information content (AvgIpc) is 2.88. The molecule has 20 heavy (non-hydrogen) atoms. The molecule has 0 atom stereocenters. The van der Waals surface area contributed by atoms with Crippen LogP contribution in [0.1, 0.15) is 36.9 Å². The molecule has 0 unspecified atom stereocenters. The first kappa shape index (κ1) is 13.6. The second kappa shape index (κ2) is 5.94. The van der Waals surface area contributed by atoms with Gasteiger partial charge in [-0.3, -0.25) is 0 Å². The Kier molecular flexibility index (Phi) is 4.03. The normalized spacial score (nSPS) is 23.3. The molecule has 1 aliphatic rings. The van der Waals surface area contributed by atoms with E-state index < -0.39 is 0 Å². The Balaban J connectivity index is 1.61. The van der Waals surface area contributed by atoms with Gasteiger partial charge in [0.15, 0.2) is 0 Å². The molecule has 2 aromatic heterocycles. The van der Waals surface area contributed by atoms with Crippen LogP contribution in [-0.2, 0) is 6.54 Å². The van der Waals surface area contributed by atoms with Crippen molar-refractivity contribution in [2.24, 2.45) is 5.92 Å². The first-order valence-corrected chi connectivity index (χ1v) is 7.53. The SMILES string of the molecule is Cc1ccc2ncc(CNC3CCC(CO)CC3)n2c1. The number of hydrogen-bond donors (Lipinski definition) is 2. The quantitative estimate of drug-likeness (QED) is 0.898. The number of hydrogen-bond acceptors (Lipinski definition) is 3.